The minimum atomic E-state index is -0.647. The van der Waals surface area contributed by atoms with Gasteiger partial charge in [0.2, 0.25) is 11.8 Å². The lowest BCUT2D eigenvalue weighted by molar-refractivity contribution is -0.118. The van der Waals surface area contributed by atoms with Crippen LogP contribution in [0.1, 0.15) is 27.1 Å². The van der Waals surface area contributed by atoms with Crippen LogP contribution in [0.5, 0.6) is 0 Å². The van der Waals surface area contributed by atoms with Crippen molar-refractivity contribution in [2.24, 2.45) is 5.73 Å². The Morgan fingerprint density at radius 2 is 1.67 bits per heavy atom. The van der Waals surface area contributed by atoms with Gasteiger partial charge >= 0.3 is 0 Å². The predicted octanol–water partition coefficient (Wildman–Crippen LogP) is 3.41. The summed E-state index contributed by atoms with van der Waals surface area (Å²) in [6.07, 6.45) is 0.612. The van der Waals surface area contributed by atoms with E-state index in [4.69, 9.17) is 15.2 Å². The Kier molecular flexibility index (Phi) is 9.80. The normalized spacial score (nSPS) is 13.6. The third-order valence-corrected chi connectivity index (χ3v) is 6.54. The Balaban J connectivity index is 1.62. The maximum Gasteiger partial charge on any atom is 0.260 e. The van der Waals surface area contributed by atoms with E-state index < -0.39 is 5.91 Å². The highest BCUT2D eigenvalue weighted by molar-refractivity contribution is 6.12. The molecule has 3 aromatic carbocycles. The fourth-order valence-electron chi connectivity index (χ4n) is 4.46. The highest BCUT2D eigenvalue weighted by Crippen LogP contribution is 2.27. The number of hydrogen-bond acceptors (Lipinski definition) is 6. The van der Waals surface area contributed by atoms with Gasteiger partial charge in [0.25, 0.3) is 5.91 Å². The Morgan fingerprint density at radius 3 is 2.33 bits per heavy atom. The molecule has 1 aliphatic rings. The van der Waals surface area contributed by atoms with Crippen molar-refractivity contribution in [3.05, 3.63) is 83.9 Å². The van der Waals surface area contributed by atoms with Gasteiger partial charge in [-0.1, -0.05) is 42.5 Å². The van der Waals surface area contributed by atoms with Crippen molar-refractivity contribution in [2.75, 3.05) is 63.3 Å². The van der Waals surface area contributed by atoms with Crippen LogP contribution in [0.3, 0.4) is 0 Å². The first kappa shape index (κ1) is 28.0. The molecule has 0 unspecified atom stereocenters. The Morgan fingerprint density at radius 1 is 0.974 bits per heavy atom. The van der Waals surface area contributed by atoms with Crippen molar-refractivity contribution >= 4 is 29.1 Å². The van der Waals surface area contributed by atoms with Crippen molar-refractivity contribution in [3.63, 3.8) is 0 Å². The van der Waals surface area contributed by atoms with Gasteiger partial charge in [0.15, 0.2) is 0 Å². The molecule has 0 spiro atoms. The smallest absolute Gasteiger partial charge is 0.260 e. The molecule has 0 atom stereocenters. The van der Waals surface area contributed by atoms with E-state index in [-0.39, 0.29) is 35.2 Å². The maximum absolute atomic E-state index is 14.0. The van der Waals surface area contributed by atoms with Crippen molar-refractivity contribution in [1.82, 2.24) is 4.90 Å². The number of primary amides is 1. The van der Waals surface area contributed by atoms with Crippen LogP contribution >= 0.6 is 0 Å². The second-order valence-corrected chi connectivity index (χ2v) is 9.28. The third kappa shape index (κ3) is 7.51. The minimum Gasteiger partial charge on any atom is -0.385 e. The van der Waals surface area contributed by atoms with E-state index >= 15 is 0 Å². The van der Waals surface area contributed by atoms with E-state index in [1.807, 2.05) is 59.5 Å². The summed E-state index contributed by atoms with van der Waals surface area (Å²) in [6, 6.07) is 22.2. The second-order valence-electron chi connectivity index (χ2n) is 9.28. The molecule has 0 aliphatic carbocycles. The highest BCUT2D eigenvalue weighted by atomic mass is 16.5. The molecule has 0 saturated carbocycles. The van der Waals surface area contributed by atoms with E-state index in [2.05, 4.69) is 5.32 Å². The van der Waals surface area contributed by atoms with E-state index in [1.54, 1.807) is 12.0 Å². The fraction of sp³-hybridized carbons (Fsp3) is 0.300. The summed E-state index contributed by atoms with van der Waals surface area (Å²) in [5.41, 5.74) is 9.03. The first-order chi connectivity index (χ1) is 19.0. The number of nitrogens with one attached hydrogen (secondary N) is 1. The number of amides is 3. The monoisotopic (exact) mass is 530 g/mol. The van der Waals surface area contributed by atoms with Crippen molar-refractivity contribution in [1.29, 1.82) is 0 Å². The van der Waals surface area contributed by atoms with Crippen molar-refractivity contribution < 1.29 is 23.9 Å². The molecule has 1 aliphatic heterocycles. The summed E-state index contributed by atoms with van der Waals surface area (Å²) in [5, 5.41) is 2.84. The van der Waals surface area contributed by atoms with E-state index in [1.165, 1.54) is 18.2 Å². The van der Waals surface area contributed by atoms with Gasteiger partial charge in [-0.2, -0.15) is 0 Å². The molecule has 0 bridgehead atoms. The fourth-order valence-corrected chi connectivity index (χ4v) is 4.46. The van der Waals surface area contributed by atoms with Gasteiger partial charge in [-0.05, 0) is 47.9 Å². The summed E-state index contributed by atoms with van der Waals surface area (Å²) >= 11 is 0. The van der Waals surface area contributed by atoms with E-state index in [9.17, 15) is 14.4 Å². The van der Waals surface area contributed by atoms with Crippen LogP contribution in [0.25, 0.3) is 11.1 Å². The molecule has 0 radical (unpaired) electrons. The largest absolute Gasteiger partial charge is 0.385 e. The van der Waals surface area contributed by atoms with Crippen LogP contribution in [0.4, 0.5) is 11.4 Å². The molecule has 9 heteroatoms. The summed E-state index contributed by atoms with van der Waals surface area (Å²) in [4.78, 5) is 42.4. The Bertz CT molecular complexity index is 1270. The molecule has 1 fully saturated rings. The molecule has 39 heavy (non-hydrogen) atoms. The quantitative estimate of drug-likeness (QED) is 0.367. The predicted molar refractivity (Wildman–Crippen MR) is 151 cm³/mol. The van der Waals surface area contributed by atoms with Gasteiger partial charge in [-0.3, -0.25) is 19.3 Å². The molecule has 3 amide bonds. The molecule has 9 nitrogen and oxygen atoms in total. The standard InChI is InChI=1S/C30H34N4O5/c1-38-17-5-14-34(25-11-8-23(9-12-25)22-6-3-2-4-7-22)30(37)26-13-10-24(29(31)36)20-27(26)32-28(35)21-33-15-18-39-19-16-33/h2-4,6-13,20H,5,14-19,21H2,1H3,(H2,31,36)(H,32,35). The summed E-state index contributed by atoms with van der Waals surface area (Å²) in [6.45, 7) is 3.45. The van der Waals surface area contributed by atoms with E-state index in [0.29, 0.717) is 51.6 Å². The van der Waals surface area contributed by atoms with Crippen LogP contribution in [0, 0.1) is 0 Å². The number of methoxy groups -OCH3 is 1. The Hall–Kier alpha value is -4.05. The number of rotatable bonds is 11. The minimum absolute atomic E-state index is 0.149. The number of ether oxygens (including phenoxy) is 2. The molecule has 1 saturated heterocycles. The molecule has 4 rings (SSSR count). The first-order valence-electron chi connectivity index (χ1n) is 13.0. The average Bonchev–Trinajstić information content (AvgIpc) is 2.96. The lowest BCUT2D eigenvalue weighted by atomic mass is 10.0. The van der Waals surface area contributed by atoms with Gasteiger partial charge in [-0.25, -0.2) is 0 Å². The number of nitrogens with zero attached hydrogens (tertiary/aromatic N) is 2. The van der Waals surface area contributed by atoms with Gasteiger partial charge in [0, 0.05) is 44.6 Å². The van der Waals surface area contributed by atoms with Crippen molar-refractivity contribution in [2.45, 2.75) is 6.42 Å². The number of carbonyl (C=O) groups excluding carboxylic acids is 3. The van der Waals surface area contributed by atoms with Crippen LogP contribution in [-0.2, 0) is 14.3 Å². The number of hydrogen-bond donors (Lipinski definition) is 2. The lowest BCUT2D eigenvalue weighted by Crippen LogP contribution is -2.41. The zero-order chi connectivity index (χ0) is 27.6. The molecule has 204 valence electrons. The summed E-state index contributed by atoms with van der Waals surface area (Å²) in [7, 11) is 1.62. The second kappa shape index (κ2) is 13.7. The zero-order valence-electron chi connectivity index (χ0n) is 22.1. The zero-order valence-corrected chi connectivity index (χ0v) is 22.1. The SMILES string of the molecule is COCCCN(C(=O)c1ccc(C(N)=O)cc1NC(=O)CN1CCOCC1)c1ccc(-c2ccccc2)cc1. The molecule has 1 heterocycles. The molecule has 0 aromatic heterocycles. The van der Waals surface area contributed by atoms with Gasteiger partial charge in [-0.15, -0.1) is 0 Å². The highest BCUT2D eigenvalue weighted by Gasteiger charge is 2.23. The van der Waals surface area contributed by atoms with E-state index in [0.717, 1.165) is 11.1 Å². The van der Waals surface area contributed by atoms with Gasteiger partial charge in [0.1, 0.15) is 0 Å². The number of nitrogens with two attached hydrogens (primary N) is 1. The first-order valence-corrected chi connectivity index (χ1v) is 13.0. The number of anilines is 2. The van der Waals surface area contributed by atoms with Crippen LogP contribution in [0.15, 0.2) is 72.8 Å². The molecular formula is C30H34N4O5. The number of morpholine rings is 1. The summed E-state index contributed by atoms with van der Waals surface area (Å²) < 4.78 is 10.6. The third-order valence-electron chi connectivity index (χ3n) is 6.54. The number of carbonyl (C=O) groups is 3. The Labute approximate surface area is 228 Å². The molecule has 3 N–H and O–H groups in total. The summed E-state index contributed by atoms with van der Waals surface area (Å²) in [5.74, 6) is -1.24. The average molecular weight is 531 g/mol. The van der Waals surface area contributed by atoms with Crippen LogP contribution in [-0.4, -0.2) is 75.7 Å². The van der Waals surface area contributed by atoms with Crippen molar-refractivity contribution in [3.8, 4) is 11.1 Å². The number of benzene rings is 3. The van der Waals surface area contributed by atoms with Crippen LogP contribution in [0.2, 0.25) is 0 Å². The van der Waals surface area contributed by atoms with Gasteiger partial charge in [0.05, 0.1) is 31.0 Å². The van der Waals surface area contributed by atoms with Crippen LogP contribution < -0.4 is 16.0 Å². The molecular weight excluding hydrogens is 496 g/mol. The topological polar surface area (TPSA) is 114 Å². The lowest BCUT2D eigenvalue weighted by Gasteiger charge is -2.27. The maximum atomic E-state index is 14.0. The molecule has 3 aromatic rings. The van der Waals surface area contributed by atoms with Gasteiger partial charge < -0.3 is 25.4 Å².